The smallest absolute Gasteiger partial charge is 0.335 e. The summed E-state index contributed by atoms with van der Waals surface area (Å²) in [4.78, 5) is 22.3. The molecule has 0 aliphatic carbocycles. The Bertz CT molecular complexity index is 1500. The Labute approximate surface area is 193 Å². The van der Waals surface area contributed by atoms with Gasteiger partial charge in [-0.2, -0.15) is 27.1 Å². The lowest BCUT2D eigenvalue weighted by Crippen LogP contribution is -2.15. The van der Waals surface area contributed by atoms with Gasteiger partial charge in [0, 0.05) is 5.56 Å². The van der Waals surface area contributed by atoms with Crippen molar-refractivity contribution >= 4 is 49.2 Å². The molecule has 0 radical (unpaired) electrons. The van der Waals surface area contributed by atoms with Crippen LogP contribution in [0.1, 0.15) is 20.7 Å². The van der Waals surface area contributed by atoms with E-state index in [1.807, 2.05) is 0 Å². The van der Waals surface area contributed by atoms with Gasteiger partial charge in [-0.1, -0.05) is 0 Å². The van der Waals surface area contributed by atoms with Crippen molar-refractivity contribution in [3.63, 3.8) is 0 Å². The minimum absolute atomic E-state index is 0.0182. The standard InChI is InChI=1S/C20H15N3O9S2/c24-19(12-1-3-13(4-2-12)20(25)26)21-17-10-7-15(11-18(17)34(30,31)32)23-22-14-5-8-16(9-6-14)33(27,28)29/h1-11H,(H,21,24)(H,25,26)(H,27,28,29)(H,30,31,32). The van der Waals surface area contributed by atoms with E-state index in [1.165, 1.54) is 48.5 Å². The zero-order chi connectivity index (χ0) is 25.1. The molecule has 3 aromatic carbocycles. The van der Waals surface area contributed by atoms with Crippen molar-refractivity contribution < 1.29 is 40.6 Å². The monoisotopic (exact) mass is 505 g/mol. The first kappa shape index (κ1) is 24.7. The minimum atomic E-state index is -4.80. The van der Waals surface area contributed by atoms with E-state index >= 15 is 0 Å². The molecule has 0 aliphatic heterocycles. The third-order valence-corrected chi connectivity index (χ3v) is 6.06. The molecule has 0 spiro atoms. The topological polar surface area (TPSA) is 200 Å². The highest BCUT2D eigenvalue weighted by molar-refractivity contribution is 7.86. The summed E-state index contributed by atoms with van der Waals surface area (Å²) in [5.74, 6) is -1.94. The summed E-state index contributed by atoms with van der Waals surface area (Å²) < 4.78 is 64.3. The van der Waals surface area contributed by atoms with Crippen LogP contribution in [-0.4, -0.2) is 42.9 Å². The molecule has 0 fully saturated rings. The molecular formula is C20H15N3O9S2. The van der Waals surface area contributed by atoms with Gasteiger partial charge in [0.2, 0.25) is 0 Å². The molecule has 12 nitrogen and oxygen atoms in total. The second-order valence-electron chi connectivity index (χ2n) is 6.66. The maximum absolute atomic E-state index is 12.4. The van der Waals surface area contributed by atoms with Crippen LogP contribution >= 0.6 is 0 Å². The average Bonchev–Trinajstić information content (AvgIpc) is 2.77. The van der Waals surface area contributed by atoms with Gasteiger partial charge in [0.05, 0.1) is 27.5 Å². The Morgan fingerprint density at radius 3 is 1.76 bits per heavy atom. The van der Waals surface area contributed by atoms with Crippen LogP contribution in [0.3, 0.4) is 0 Å². The molecule has 0 atom stereocenters. The van der Waals surface area contributed by atoms with Crippen LogP contribution in [0.5, 0.6) is 0 Å². The Hall–Kier alpha value is -3.98. The highest BCUT2D eigenvalue weighted by atomic mass is 32.2. The Kier molecular flexibility index (Phi) is 6.88. The SMILES string of the molecule is O=C(O)c1ccc(C(=O)Nc2ccc(N=Nc3ccc(S(=O)(=O)O)cc3)cc2S(=O)(=O)O)cc1. The van der Waals surface area contributed by atoms with E-state index in [1.54, 1.807) is 0 Å². The zero-order valence-electron chi connectivity index (χ0n) is 16.9. The number of hydrogen-bond donors (Lipinski definition) is 4. The Balaban J connectivity index is 1.86. The molecule has 14 heteroatoms. The number of rotatable bonds is 7. The molecule has 3 aromatic rings. The van der Waals surface area contributed by atoms with Crippen molar-refractivity contribution in [1.82, 2.24) is 0 Å². The molecule has 0 heterocycles. The first-order valence-electron chi connectivity index (χ1n) is 9.10. The second kappa shape index (κ2) is 9.48. The summed E-state index contributed by atoms with van der Waals surface area (Å²) in [6, 6.07) is 13.0. The summed E-state index contributed by atoms with van der Waals surface area (Å²) >= 11 is 0. The van der Waals surface area contributed by atoms with Crippen molar-refractivity contribution in [1.29, 1.82) is 0 Å². The Morgan fingerprint density at radius 2 is 1.24 bits per heavy atom. The fraction of sp³-hybridized carbons (Fsp3) is 0. The fourth-order valence-corrected chi connectivity index (χ4v) is 3.80. The first-order chi connectivity index (χ1) is 15.8. The predicted molar refractivity (Wildman–Crippen MR) is 118 cm³/mol. The fourth-order valence-electron chi connectivity index (χ4n) is 2.65. The van der Waals surface area contributed by atoms with E-state index in [0.29, 0.717) is 0 Å². The highest BCUT2D eigenvalue weighted by Gasteiger charge is 2.19. The zero-order valence-corrected chi connectivity index (χ0v) is 18.5. The number of carbonyl (C=O) groups excluding carboxylic acids is 1. The molecule has 4 N–H and O–H groups in total. The van der Waals surface area contributed by atoms with Crippen molar-refractivity contribution in [3.05, 3.63) is 77.9 Å². The molecule has 3 rings (SSSR count). The van der Waals surface area contributed by atoms with Crippen LogP contribution in [0.4, 0.5) is 17.1 Å². The van der Waals surface area contributed by atoms with E-state index in [2.05, 4.69) is 15.5 Å². The lowest BCUT2D eigenvalue weighted by molar-refractivity contribution is 0.0696. The molecule has 0 saturated carbocycles. The molecule has 0 saturated heterocycles. The van der Waals surface area contributed by atoms with Gasteiger partial charge in [-0.15, -0.1) is 0 Å². The third kappa shape index (κ3) is 6.08. The van der Waals surface area contributed by atoms with Gasteiger partial charge in [-0.05, 0) is 66.7 Å². The van der Waals surface area contributed by atoms with Crippen LogP contribution in [0.15, 0.2) is 86.7 Å². The molecule has 0 unspecified atom stereocenters. The van der Waals surface area contributed by atoms with Gasteiger partial charge < -0.3 is 10.4 Å². The van der Waals surface area contributed by atoms with Crippen molar-refractivity contribution in [2.45, 2.75) is 9.79 Å². The summed E-state index contributed by atoms with van der Waals surface area (Å²) in [5, 5.41) is 18.9. The summed E-state index contributed by atoms with van der Waals surface area (Å²) in [7, 11) is -9.17. The number of anilines is 1. The van der Waals surface area contributed by atoms with Gasteiger partial charge >= 0.3 is 5.97 Å². The van der Waals surface area contributed by atoms with E-state index in [9.17, 15) is 31.0 Å². The van der Waals surface area contributed by atoms with Gasteiger partial charge in [-0.25, -0.2) is 4.79 Å². The molecule has 0 aromatic heterocycles. The van der Waals surface area contributed by atoms with Crippen molar-refractivity contribution in [3.8, 4) is 0 Å². The highest BCUT2D eigenvalue weighted by Crippen LogP contribution is 2.28. The van der Waals surface area contributed by atoms with Crippen LogP contribution in [0, 0.1) is 0 Å². The number of hydrogen-bond acceptors (Lipinski definition) is 8. The molecule has 176 valence electrons. The van der Waals surface area contributed by atoms with Gasteiger partial charge in [-0.3, -0.25) is 13.9 Å². The number of benzene rings is 3. The lowest BCUT2D eigenvalue weighted by atomic mass is 10.1. The summed E-state index contributed by atoms with van der Waals surface area (Å²) in [6.45, 7) is 0. The van der Waals surface area contributed by atoms with Gasteiger partial charge in [0.15, 0.2) is 0 Å². The quantitative estimate of drug-likeness (QED) is 0.274. The predicted octanol–water partition coefficient (Wildman–Crippen LogP) is 3.55. The number of nitrogens with one attached hydrogen (secondary N) is 1. The second-order valence-corrected chi connectivity index (χ2v) is 9.47. The number of carboxylic acid groups (broad SMARTS) is 1. The molecule has 0 bridgehead atoms. The third-order valence-electron chi connectivity index (χ3n) is 4.30. The lowest BCUT2D eigenvalue weighted by Gasteiger charge is -2.10. The number of aromatic carboxylic acids is 1. The van der Waals surface area contributed by atoms with Crippen molar-refractivity contribution in [2.75, 3.05) is 5.32 Å². The Morgan fingerprint density at radius 1 is 0.706 bits per heavy atom. The van der Waals surface area contributed by atoms with Crippen LogP contribution < -0.4 is 5.32 Å². The van der Waals surface area contributed by atoms with E-state index in [-0.39, 0.29) is 33.1 Å². The van der Waals surface area contributed by atoms with Crippen LogP contribution in [-0.2, 0) is 20.2 Å². The minimum Gasteiger partial charge on any atom is -0.478 e. The number of carbonyl (C=O) groups is 2. The normalized spacial score (nSPS) is 11.9. The summed E-state index contributed by atoms with van der Waals surface area (Å²) in [6.07, 6.45) is 0. The van der Waals surface area contributed by atoms with E-state index in [0.717, 1.165) is 18.2 Å². The number of carboxylic acids is 1. The number of nitrogens with zero attached hydrogens (tertiary/aromatic N) is 2. The first-order valence-corrected chi connectivity index (χ1v) is 12.0. The van der Waals surface area contributed by atoms with E-state index in [4.69, 9.17) is 9.66 Å². The summed E-state index contributed by atoms with van der Waals surface area (Å²) in [5.41, 5.74) is -0.0922. The van der Waals surface area contributed by atoms with Crippen molar-refractivity contribution in [2.24, 2.45) is 10.2 Å². The number of azo groups is 1. The maximum Gasteiger partial charge on any atom is 0.335 e. The molecular weight excluding hydrogens is 490 g/mol. The van der Waals surface area contributed by atoms with Crippen LogP contribution in [0.2, 0.25) is 0 Å². The molecule has 1 amide bonds. The van der Waals surface area contributed by atoms with Gasteiger partial charge in [0.25, 0.3) is 26.1 Å². The largest absolute Gasteiger partial charge is 0.478 e. The van der Waals surface area contributed by atoms with Crippen LogP contribution in [0.25, 0.3) is 0 Å². The average molecular weight is 505 g/mol. The molecule has 0 aliphatic rings. The molecule has 34 heavy (non-hydrogen) atoms. The van der Waals surface area contributed by atoms with E-state index < -0.39 is 37.0 Å². The number of amides is 1. The maximum atomic E-state index is 12.4. The van der Waals surface area contributed by atoms with Gasteiger partial charge in [0.1, 0.15) is 4.90 Å².